The van der Waals surface area contributed by atoms with Crippen LogP contribution in [0.25, 0.3) is 0 Å². The van der Waals surface area contributed by atoms with Gasteiger partial charge in [-0.15, -0.1) is 0 Å². The van der Waals surface area contributed by atoms with E-state index in [1.807, 2.05) is 0 Å². The summed E-state index contributed by atoms with van der Waals surface area (Å²) < 4.78 is 53.6. The topological polar surface area (TPSA) is 134 Å². The van der Waals surface area contributed by atoms with Gasteiger partial charge in [0.25, 0.3) is 10.1 Å². The Bertz CT molecular complexity index is 663. The van der Waals surface area contributed by atoms with E-state index >= 15 is 0 Å². The number of hydrogen-bond acceptors (Lipinski definition) is 4. The quantitative estimate of drug-likeness (QED) is 0.745. The van der Waals surface area contributed by atoms with Crippen molar-refractivity contribution in [1.29, 1.82) is 0 Å². The van der Waals surface area contributed by atoms with Crippen LogP contribution in [-0.2, 0) is 31.7 Å². The lowest BCUT2D eigenvalue weighted by atomic mass is 10.1. The van der Waals surface area contributed by atoms with Gasteiger partial charge in [0.05, 0.1) is 16.4 Å². The Labute approximate surface area is 105 Å². The largest absolute Gasteiger partial charge is 0.294 e. The molecular formula is C9H12NO6S2. The van der Waals surface area contributed by atoms with Gasteiger partial charge in [0.15, 0.2) is 0 Å². The zero-order valence-corrected chi connectivity index (χ0v) is 11.1. The van der Waals surface area contributed by atoms with Crippen molar-refractivity contribution in [3.05, 3.63) is 23.3 Å². The molecule has 1 radical (unpaired) electrons. The third-order valence-electron chi connectivity index (χ3n) is 2.36. The molecule has 1 aromatic carbocycles. The molecule has 3 N–H and O–H groups in total. The van der Waals surface area contributed by atoms with Crippen molar-refractivity contribution < 1.29 is 26.5 Å². The van der Waals surface area contributed by atoms with Crippen LogP contribution in [0.4, 0.5) is 0 Å². The van der Waals surface area contributed by atoms with Crippen LogP contribution in [0.1, 0.15) is 11.1 Å². The van der Waals surface area contributed by atoms with Crippen LogP contribution in [0.2, 0.25) is 0 Å². The highest BCUT2D eigenvalue weighted by Gasteiger charge is 2.21. The molecule has 1 rings (SSSR count). The van der Waals surface area contributed by atoms with Gasteiger partial charge in [-0.05, 0) is 30.2 Å². The number of benzene rings is 1. The maximum atomic E-state index is 11.4. The molecule has 18 heavy (non-hydrogen) atoms. The molecular weight excluding hydrogens is 282 g/mol. The summed E-state index contributed by atoms with van der Waals surface area (Å²) in [6.45, 7) is 0.878. The molecule has 0 aliphatic heterocycles. The third kappa shape index (κ3) is 3.27. The lowest BCUT2D eigenvalue weighted by Crippen LogP contribution is -2.17. The van der Waals surface area contributed by atoms with Crippen molar-refractivity contribution in [2.75, 3.05) is 6.61 Å². The van der Waals surface area contributed by atoms with Gasteiger partial charge >= 0.3 is 0 Å². The number of aryl methyl sites for hydroxylation is 1. The molecule has 0 heterocycles. The Morgan fingerprint density at radius 1 is 1.22 bits per heavy atom. The number of hydrogen-bond donors (Lipinski definition) is 2. The SMILES string of the molecule is Cc1cc(S(=O)(=O)O)cc(S(N)(=O)=O)c1CC[O]. The molecule has 0 spiro atoms. The molecule has 0 amide bonds. The molecule has 101 valence electrons. The second-order valence-corrected chi connectivity index (χ2v) is 6.64. The summed E-state index contributed by atoms with van der Waals surface area (Å²) >= 11 is 0. The molecule has 0 atom stereocenters. The Hall–Kier alpha value is -1.00. The maximum Gasteiger partial charge on any atom is 0.294 e. The van der Waals surface area contributed by atoms with Crippen molar-refractivity contribution in [3.63, 3.8) is 0 Å². The van der Waals surface area contributed by atoms with Crippen molar-refractivity contribution in [2.45, 2.75) is 23.1 Å². The maximum absolute atomic E-state index is 11.4. The molecule has 0 aliphatic rings. The lowest BCUT2D eigenvalue weighted by Gasteiger charge is -2.11. The first-order valence-corrected chi connectivity index (χ1v) is 7.78. The standard InChI is InChI=1S/C9H12NO6S2/c1-6-4-7(18(14,15)16)5-9(17(10,12)13)8(6)2-3-11/h4-5H,2-3H2,1H3,(H2,10,12,13)(H,14,15,16). The van der Waals surface area contributed by atoms with Crippen molar-refractivity contribution in [1.82, 2.24) is 0 Å². The highest BCUT2D eigenvalue weighted by molar-refractivity contribution is 7.89. The van der Waals surface area contributed by atoms with E-state index in [0.717, 1.165) is 12.1 Å². The minimum atomic E-state index is -4.54. The number of rotatable bonds is 4. The summed E-state index contributed by atoms with van der Waals surface area (Å²) in [5.74, 6) is 0. The molecule has 0 bridgehead atoms. The third-order valence-corrected chi connectivity index (χ3v) is 4.17. The minimum absolute atomic E-state index is 0.0939. The highest BCUT2D eigenvalue weighted by atomic mass is 32.2. The van der Waals surface area contributed by atoms with Gasteiger partial charge in [0.2, 0.25) is 10.0 Å². The second kappa shape index (κ2) is 4.94. The summed E-state index contributed by atoms with van der Waals surface area (Å²) in [7, 11) is -8.71. The van der Waals surface area contributed by atoms with E-state index in [2.05, 4.69) is 0 Å². The Morgan fingerprint density at radius 2 is 1.78 bits per heavy atom. The molecule has 0 fully saturated rings. The van der Waals surface area contributed by atoms with Gasteiger partial charge in [0, 0.05) is 6.42 Å². The molecule has 1 aromatic rings. The van der Waals surface area contributed by atoms with Crippen LogP contribution < -0.4 is 5.14 Å². The average molecular weight is 294 g/mol. The molecule has 0 aromatic heterocycles. The summed E-state index contributed by atoms with van der Waals surface area (Å²) in [6, 6.07) is 1.84. The fourth-order valence-corrected chi connectivity index (χ4v) is 3.14. The van der Waals surface area contributed by atoms with Crippen LogP contribution in [0.15, 0.2) is 21.9 Å². The first-order valence-electron chi connectivity index (χ1n) is 4.79. The van der Waals surface area contributed by atoms with Crippen LogP contribution in [0.5, 0.6) is 0 Å². The van der Waals surface area contributed by atoms with Crippen LogP contribution in [-0.4, -0.2) is 28.0 Å². The predicted molar refractivity (Wildman–Crippen MR) is 61.6 cm³/mol. The number of sulfonamides is 1. The van der Waals surface area contributed by atoms with Crippen molar-refractivity contribution in [2.24, 2.45) is 5.14 Å². The molecule has 0 saturated heterocycles. The Kier molecular flexibility index (Phi) is 4.13. The molecule has 0 aliphatic carbocycles. The first-order chi connectivity index (χ1) is 8.07. The Balaban J connectivity index is 3.69. The van der Waals surface area contributed by atoms with E-state index in [1.165, 1.54) is 6.92 Å². The monoisotopic (exact) mass is 294 g/mol. The summed E-state index contributed by atoms with van der Waals surface area (Å²) in [4.78, 5) is -1.02. The lowest BCUT2D eigenvalue weighted by molar-refractivity contribution is 0.196. The van der Waals surface area contributed by atoms with Gasteiger partial charge in [-0.3, -0.25) is 4.55 Å². The summed E-state index contributed by atoms with van der Waals surface area (Å²) in [6.07, 6.45) is -0.0939. The van der Waals surface area contributed by atoms with Crippen LogP contribution >= 0.6 is 0 Å². The minimum Gasteiger partial charge on any atom is -0.282 e. The average Bonchev–Trinajstić information content (AvgIpc) is 2.17. The van der Waals surface area contributed by atoms with E-state index in [4.69, 9.17) is 9.69 Å². The fraction of sp³-hybridized carbons (Fsp3) is 0.333. The van der Waals surface area contributed by atoms with Gasteiger partial charge < -0.3 is 0 Å². The fourth-order valence-electron chi connectivity index (χ4n) is 1.58. The smallest absolute Gasteiger partial charge is 0.282 e. The second-order valence-electron chi connectivity index (χ2n) is 3.69. The normalized spacial score (nSPS) is 12.7. The van der Waals surface area contributed by atoms with E-state index < -0.39 is 36.5 Å². The number of nitrogens with two attached hydrogens (primary N) is 1. The van der Waals surface area contributed by atoms with Gasteiger partial charge in [0.1, 0.15) is 0 Å². The van der Waals surface area contributed by atoms with E-state index in [1.54, 1.807) is 0 Å². The van der Waals surface area contributed by atoms with Crippen molar-refractivity contribution >= 4 is 20.1 Å². The molecule has 7 nitrogen and oxygen atoms in total. The predicted octanol–water partition coefficient (Wildman–Crippen LogP) is -0.138. The van der Waals surface area contributed by atoms with E-state index in [9.17, 15) is 21.9 Å². The summed E-state index contributed by atoms with van der Waals surface area (Å²) in [5.41, 5.74) is 0.435. The Morgan fingerprint density at radius 3 is 2.17 bits per heavy atom. The summed E-state index contributed by atoms with van der Waals surface area (Å²) in [5, 5.41) is 15.6. The molecule has 0 saturated carbocycles. The number of primary sulfonamides is 1. The first kappa shape index (κ1) is 15.1. The zero-order valence-electron chi connectivity index (χ0n) is 9.45. The van der Waals surface area contributed by atoms with E-state index in [-0.39, 0.29) is 17.5 Å². The van der Waals surface area contributed by atoms with Crippen LogP contribution in [0.3, 0.4) is 0 Å². The van der Waals surface area contributed by atoms with E-state index in [0.29, 0.717) is 0 Å². The van der Waals surface area contributed by atoms with Crippen LogP contribution in [0, 0.1) is 6.92 Å². The van der Waals surface area contributed by atoms with Crippen molar-refractivity contribution in [3.8, 4) is 0 Å². The zero-order chi connectivity index (χ0) is 14.1. The van der Waals surface area contributed by atoms with Gasteiger partial charge in [-0.1, -0.05) is 0 Å². The molecule has 9 heteroatoms. The highest BCUT2D eigenvalue weighted by Crippen LogP contribution is 2.24. The van der Waals surface area contributed by atoms with Gasteiger partial charge in [-0.2, -0.15) is 8.42 Å². The van der Waals surface area contributed by atoms with Gasteiger partial charge in [-0.25, -0.2) is 18.7 Å². The molecule has 0 unspecified atom stereocenters.